The van der Waals surface area contributed by atoms with E-state index in [9.17, 15) is 26.7 Å². The summed E-state index contributed by atoms with van der Waals surface area (Å²) in [7, 11) is 0. The maximum atomic E-state index is 13.3. The lowest BCUT2D eigenvalue weighted by Gasteiger charge is -2.08. The molecule has 0 amide bonds. The average molecular weight is 308 g/mol. The van der Waals surface area contributed by atoms with Crippen molar-refractivity contribution in [2.24, 2.45) is 0 Å². The van der Waals surface area contributed by atoms with E-state index in [1.165, 1.54) is 6.07 Å². The molecule has 8 heteroatoms. The van der Waals surface area contributed by atoms with Crippen molar-refractivity contribution < 1.29 is 31.5 Å². The van der Waals surface area contributed by atoms with Gasteiger partial charge in [0.1, 0.15) is 11.5 Å². The van der Waals surface area contributed by atoms with E-state index in [-0.39, 0.29) is 4.88 Å². The lowest BCUT2D eigenvalue weighted by molar-refractivity contribution is 0.0468. The SMILES string of the molecule is O=C(OCc1c(F)c(F)c(F)c(F)c1F)c1cccs1. The predicted octanol–water partition coefficient (Wildman–Crippen LogP) is 3.80. The molecule has 0 radical (unpaired) electrons. The number of thiophene rings is 1. The van der Waals surface area contributed by atoms with Crippen LogP contribution in [0.3, 0.4) is 0 Å². The van der Waals surface area contributed by atoms with E-state index in [1.807, 2.05) is 0 Å². The van der Waals surface area contributed by atoms with Crippen LogP contribution in [0.15, 0.2) is 17.5 Å². The van der Waals surface area contributed by atoms with Gasteiger partial charge >= 0.3 is 5.97 Å². The van der Waals surface area contributed by atoms with Gasteiger partial charge in [-0.1, -0.05) is 6.07 Å². The molecule has 1 aromatic carbocycles. The van der Waals surface area contributed by atoms with Crippen LogP contribution in [0.1, 0.15) is 15.2 Å². The van der Waals surface area contributed by atoms with Crippen LogP contribution in [-0.4, -0.2) is 5.97 Å². The zero-order chi connectivity index (χ0) is 14.9. The van der Waals surface area contributed by atoms with E-state index in [0.29, 0.717) is 0 Å². The van der Waals surface area contributed by atoms with Crippen LogP contribution in [-0.2, 0) is 11.3 Å². The minimum absolute atomic E-state index is 0.147. The molecule has 0 aliphatic carbocycles. The fourth-order valence-electron chi connectivity index (χ4n) is 1.38. The fourth-order valence-corrected chi connectivity index (χ4v) is 2.00. The zero-order valence-corrected chi connectivity index (χ0v) is 10.4. The molecule has 0 saturated heterocycles. The Kier molecular flexibility index (Phi) is 4.03. The smallest absolute Gasteiger partial charge is 0.348 e. The van der Waals surface area contributed by atoms with E-state index in [1.54, 1.807) is 11.4 Å². The molecule has 0 unspecified atom stereocenters. The summed E-state index contributed by atoms with van der Waals surface area (Å²) in [4.78, 5) is 11.6. The molecule has 1 aromatic heterocycles. The van der Waals surface area contributed by atoms with Gasteiger partial charge in [0.15, 0.2) is 23.3 Å². The molecular weight excluding hydrogens is 303 g/mol. The third-order valence-electron chi connectivity index (χ3n) is 2.37. The van der Waals surface area contributed by atoms with Crippen molar-refractivity contribution in [1.82, 2.24) is 0 Å². The Morgan fingerprint density at radius 1 is 1.00 bits per heavy atom. The Bertz CT molecular complexity index is 625. The molecule has 0 bridgehead atoms. The highest BCUT2D eigenvalue weighted by molar-refractivity contribution is 7.11. The van der Waals surface area contributed by atoms with Gasteiger partial charge in [0, 0.05) is 0 Å². The standard InChI is InChI=1S/C12H5F5O2S/c13-7-5(8(14)10(16)11(17)9(7)15)4-19-12(18)6-2-1-3-20-6/h1-3H,4H2. The predicted molar refractivity (Wildman–Crippen MR) is 59.7 cm³/mol. The molecule has 106 valence electrons. The van der Waals surface area contributed by atoms with Crippen molar-refractivity contribution >= 4 is 17.3 Å². The number of hydrogen-bond donors (Lipinski definition) is 0. The number of carbonyl (C=O) groups excluding carboxylic acids is 1. The molecule has 0 N–H and O–H groups in total. The number of ether oxygens (including phenoxy) is 1. The Morgan fingerprint density at radius 3 is 2.05 bits per heavy atom. The van der Waals surface area contributed by atoms with E-state index in [2.05, 4.69) is 4.74 Å². The topological polar surface area (TPSA) is 26.3 Å². The van der Waals surface area contributed by atoms with Gasteiger partial charge in [0.05, 0.1) is 5.56 Å². The molecule has 0 saturated carbocycles. The summed E-state index contributed by atoms with van der Waals surface area (Å²) in [6, 6.07) is 2.94. The van der Waals surface area contributed by atoms with Gasteiger partial charge in [-0.2, -0.15) is 0 Å². The monoisotopic (exact) mass is 308 g/mol. The van der Waals surface area contributed by atoms with Crippen LogP contribution >= 0.6 is 11.3 Å². The maximum absolute atomic E-state index is 13.3. The lowest BCUT2D eigenvalue weighted by Crippen LogP contribution is -2.11. The van der Waals surface area contributed by atoms with Crippen molar-refractivity contribution in [2.45, 2.75) is 6.61 Å². The van der Waals surface area contributed by atoms with Gasteiger partial charge < -0.3 is 4.74 Å². The first-order chi connectivity index (χ1) is 9.43. The second-order valence-electron chi connectivity index (χ2n) is 3.60. The third kappa shape index (κ3) is 2.51. The molecule has 0 aliphatic heterocycles. The van der Waals surface area contributed by atoms with Crippen molar-refractivity contribution in [3.05, 3.63) is 57.0 Å². The third-order valence-corrected chi connectivity index (χ3v) is 3.22. The highest BCUT2D eigenvalue weighted by Gasteiger charge is 2.26. The molecule has 0 aliphatic rings. The summed E-state index contributed by atoms with van der Waals surface area (Å²) in [5, 5.41) is 1.56. The summed E-state index contributed by atoms with van der Waals surface area (Å²) in [5.41, 5.74) is -1.19. The van der Waals surface area contributed by atoms with Gasteiger partial charge in [-0.25, -0.2) is 26.7 Å². The molecule has 2 nitrogen and oxygen atoms in total. The molecule has 2 rings (SSSR count). The average Bonchev–Trinajstić information content (AvgIpc) is 2.97. The van der Waals surface area contributed by atoms with Crippen molar-refractivity contribution in [1.29, 1.82) is 0 Å². The van der Waals surface area contributed by atoms with Crippen LogP contribution in [0, 0.1) is 29.1 Å². The van der Waals surface area contributed by atoms with E-state index >= 15 is 0 Å². The number of benzene rings is 1. The fraction of sp³-hybridized carbons (Fsp3) is 0.0833. The van der Waals surface area contributed by atoms with E-state index in [0.717, 1.165) is 11.3 Å². The van der Waals surface area contributed by atoms with Gasteiger partial charge in [-0.15, -0.1) is 11.3 Å². The van der Waals surface area contributed by atoms with Gasteiger partial charge in [0.2, 0.25) is 5.82 Å². The molecule has 2 aromatic rings. The Morgan fingerprint density at radius 2 is 1.55 bits per heavy atom. The Hall–Kier alpha value is -1.96. The van der Waals surface area contributed by atoms with Crippen molar-refractivity contribution in [2.75, 3.05) is 0 Å². The van der Waals surface area contributed by atoms with Crippen LogP contribution < -0.4 is 0 Å². The highest BCUT2D eigenvalue weighted by Crippen LogP contribution is 2.24. The summed E-state index contributed by atoms with van der Waals surface area (Å²) in [6.07, 6.45) is 0. The number of carbonyl (C=O) groups is 1. The molecule has 1 heterocycles. The van der Waals surface area contributed by atoms with Crippen LogP contribution in [0.25, 0.3) is 0 Å². The number of esters is 1. The normalized spacial score (nSPS) is 10.7. The summed E-state index contributed by atoms with van der Waals surface area (Å²) >= 11 is 1.01. The number of halogens is 5. The maximum Gasteiger partial charge on any atom is 0.348 e. The minimum atomic E-state index is -2.26. The van der Waals surface area contributed by atoms with E-state index < -0.39 is 47.2 Å². The van der Waals surface area contributed by atoms with Crippen molar-refractivity contribution in [3.8, 4) is 0 Å². The quantitative estimate of drug-likeness (QED) is 0.373. The Labute approximate surface area is 113 Å². The molecule has 20 heavy (non-hydrogen) atoms. The van der Waals surface area contributed by atoms with Gasteiger partial charge in [-0.3, -0.25) is 0 Å². The van der Waals surface area contributed by atoms with Crippen LogP contribution in [0.4, 0.5) is 22.0 Å². The zero-order valence-electron chi connectivity index (χ0n) is 9.55. The number of hydrogen-bond acceptors (Lipinski definition) is 3. The summed E-state index contributed by atoms with van der Waals surface area (Å²) in [5.74, 6) is -11.4. The minimum Gasteiger partial charge on any atom is -0.456 e. The summed E-state index contributed by atoms with van der Waals surface area (Å²) < 4.78 is 69.7. The van der Waals surface area contributed by atoms with Crippen LogP contribution in [0.5, 0.6) is 0 Å². The largest absolute Gasteiger partial charge is 0.456 e. The number of rotatable bonds is 3. The second kappa shape index (κ2) is 5.58. The summed E-state index contributed by atoms with van der Waals surface area (Å²) in [6.45, 7) is -1.05. The first-order valence-corrected chi connectivity index (χ1v) is 6.02. The first-order valence-electron chi connectivity index (χ1n) is 5.14. The molecule has 0 fully saturated rings. The van der Waals surface area contributed by atoms with E-state index in [4.69, 9.17) is 0 Å². The molecular formula is C12H5F5O2S. The second-order valence-corrected chi connectivity index (χ2v) is 4.55. The van der Waals surface area contributed by atoms with Gasteiger partial charge in [0.25, 0.3) is 0 Å². The molecule has 0 spiro atoms. The van der Waals surface area contributed by atoms with Crippen molar-refractivity contribution in [3.63, 3.8) is 0 Å². The Balaban J connectivity index is 2.24. The first kappa shape index (κ1) is 14.4. The van der Waals surface area contributed by atoms with Crippen LogP contribution in [0.2, 0.25) is 0 Å². The molecule has 0 atom stereocenters. The lowest BCUT2D eigenvalue weighted by atomic mass is 10.2. The van der Waals surface area contributed by atoms with Gasteiger partial charge in [-0.05, 0) is 11.4 Å². The highest BCUT2D eigenvalue weighted by atomic mass is 32.1.